The first-order valence-corrected chi connectivity index (χ1v) is 6.51. The smallest absolute Gasteiger partial charge is 0.323 e. The van der Waals surface area contributed by atoms with Crippen molar-refractivity contribution in [2.45, 2.75) is 18.4 Å². The van der Waals surface area contributed by atoms with Gasteiger partial charge < -0.3 is 23.7 Å². The lowest BCUT2D eigenvalue weighted by molar-refractivity contribution is -0.446. The van der Waals surface area contributed by atoms with Gasteiger partial charge in [-0.3, -0.25) is 0 Å². The summed E-state index contributed by atoms with van der Waals surface area (Å²) in [7, 11) is 3.40. The Morgan fingerprint density at radius 3 is 1.53 bits per heavy atom. The lowest BCUT2D eigenvalue weighted by atomic mass is 10.4. The summed E-state index contributed by atoms with van der Waals surface area (Å²) in [6, 6.07) is 0. The van der Waals surface area contributed by atoms with Gasteiger partial charge in [-0.15, -0.1) is 0 Å². The molecule has 0 amide bonds. The minimum atomic E-state index is -2.74. The SMILES string of the molecule is C=C(C)C(=O)[P+](=O)C(OC)(OC)C(OC)(OC)OC. The van der Waals surface area contributed by atoms with Crippen LogP contribution in [0.25, 0.3) is 0 Å². The van der Waals surface area contributed by atoms with Crippen molar-refractivity contribution in [2.24, 2.45) is 0 Å². The molecule has 110 valence electrons. The molecule has 0 heterocycles. The van der Waals surface area contributed by atoms with Crippen molar-refractivity contribution < 1.29 is 33.0 Å². The van der Waals surface area contributed by atoms with Gasteiger partial charge in [0.1, 0.15) is 0 Å². The number of hydrogen-bond donors (Lipinski definition) is 0. The first kappa shape index (κ1) is 18.3. The van der Waals surface area contributed by atoms with Gasteiger partial charge in [0, 0.05) is 41.1 Å². The molecule has 0 saturated heterocycles. The summed E-state index contributed by atoms with van der Waals surface area (Å²) in [4.78, 5) is 11.9. The van der Waals surface area contributed by atoms with Crippen LogP contribution in [0.1, 0.15) is 6.92 Å². The maximum atomic E-state index is 12.4. The van der Waals surface area contributed by atoms with Gasteiger partial charge in [-0.2, -0.15) is 0 Å². The van der Waals surface area contributed by atoms with E-state index in [2.05, 4.69) is 6.58 Å². The summed E-state index contributed by atoms with van der Waals surface area (Å²) in [6.07, 6.45) is 0. The van der Waals surface area contributed by atoms with Gasteiger partial charge in [0.25, 0.3) is 0 Å². The molecule has 0 aliphatic carbocycles. The normalized spacial score (nSPS) is 13.3. The summed E-state index contributed by atoms with van der Waals surface area (Å²) in [5, 5.41) is 0. The van der Waals surface area contributed by atoms with Crippen molar-refractivity contribution in [1.82, 2.24) is 0 Å². The van der Waals surface area contributed by atoms with Crippen molar-refractivity contribution in [3.8, 4) is 0 Å². The highest BCUT2D eigenvalue weighted by atomic mass is 31.1. The Labute approximate surface area is 113 Å². The van der Waals surface area contributed by atoms with Crippen LogP contribution in [0.15, 0.2) is 12.2 Å². The van der Waals surface area contributed by atoms with E-state index in [0.29, 0.717) is 0 Å². The maximum Gasteiger partial charge on any atom is 0.495 e. The summed E-state index contributed by atoms with van der Waals surface area (Å²) in [5.74, 6) is -1.96. The van der Waals surface area contributed by atoms with Gasteiger partial charge in [-0.25, -0.2) is 4.79 Å². The average molecular weight is 295 g/mol. The number of ether oxygens (including phenoxy) is 5. The zero-order valence-electron chi connectivity index (χ0n) is 12.0. The largest absolute Gasteiger partial charge is 0.495 e. The molecule has 0 spiro atoms. The molecule has 0 aliphatic heterocycles. The molecule has 1 atom stereocenters. The molecule has 8 heteroatoms. The molecule has 0 aromatic carbocycles. The fraction of sp³-hybridized carbons (Fsp3) is 0.727. The Balaban J connectivity index is 5.91. The van der Waals surface area contributed by atoms with Crippen LogP contribution in [0.4, 0.5) is 0 Å². The highest BCUT2D eigenvalue weighted by molar-refractivity contribution is 7.65. The molecular formula is C11H20O7P+. The summed E-state index contributed by atoms with van der Waals surface area (Å²) >= 11 is 0. The van der Waals surface area contributed by atoms with E-state index >= 15 is 0 Å². The maximum absolute atomic E-state index is 12.4. The highest BCUT2D eigenvalue weighted by Crippen LogP contribution is 2.51. The predicted octanol–water partition coefficient (Wildman–Crippen LogP) is 1.46. The first-order valence-electron chi connectivity index (χ1n) is 5.25. The Kier molecular flexibility index (Phi) is 6.93. The standard InChI is InChI=1S/C11H20O7P/c1-8(2)9(12)19(13)11(17-6,18-7)10(14-3,15-4)16-5/h1H2,2-7H3/q+1. The van der Waals surface area contributed by atoms with E-state index in [0.717, 1.165) is 0 Å². The first-order chi connectivity index (χ1) is 8.82. The molecule has 0 aromatic heterocycles. The van der Waals surface area contributed by atoms with Crippen molar-refractivity contribution in [2.75, 3.05) is 35.5 Å². The summed E-state index contributed by atoms with van der Waals surface area (Å²) in [5.41, 5.74) is -2.69. The highest BCUT2D eigenvalue weighted by Gasteiger charge is 2.73. The third kappa shape index (κ3) is 2.91. The molecule has 1 unspecified atom stereocenters. The molecule has 0 fully saturated rings. The van der Waals surface area contributed by atoms with E-state index in [1.165, 1.54) is 42.5 Å². The zero-order chi connectivity index (χ0) is 15.3. The van der Waals surface area contributed by atoms with E-state index in [4.69, 9.17) is 23.7 Å². The fourth-order valence-corrected chi connectivity index (χ4v) is 3.04. The topological polar surface area (TPSA) is 80.3 Å². The minimum absolute atomic E-state index is 0.0943. The second kappa shape index (κ2) is 7.19. The quantitative estimate of drug-likeness (QED) is 0.362. The third-order valence-corrected chi connectivity index (χ3v) is 4.49. The van der Waals surface area contributed by atoms with Crippen molar-refractivity contribution in [1.29, 1.82) is 0 Å². The van der Waals surface area contributed by atoms with Gasteiger partial charge in [0.05, 0.1) is 0 Å². The third-order valence-electron chi connectivity index (χ3n) is 2.56. The lowest BCUT2D eigenvalue weighted by Gasteiger charge is -2.35. The van der Waals surface area contributed by atoms with E-state index in [-0.39, 0.29) is 5.57 Å². The predicted molar refractivity (Wildman–Crippen MR) is 67.9 cm³/mol. The Hall–Kier alpha value is -0.690. The van der Waals surface area contributed by atoms with Crippen LogP contribution in [0.5, 0.6) is 0 Å². The number of carbonyl (C=O) groups excluding carboxylic acids is 1. The van der Waals surface area contributed by atoms with Crippen molar-refractivity contribution in [3.63, 3.8) is 0 Å². The zero-order valence-corrected chi connectivity index (χ0v) is 12.9. The second-order valence-electron chi connectivity index (χ2n) is 3.54. The Morgan fingerprint density at radius 1 is 0.947 bits per heavy atom. The van der Waals surface area contributed by atoms with Crippen LogP contribution in [-0.2, 0) is 33.0 Å². The molecular weight excluding hydrogens is 275 g/mol. The van der Waals surface area contributed by atoms with E-state index < -0.39 is 24.8 Å². The van der Waals surface area contributed by atoms with Gasteiger partial charge in [-0.1, -0.05) is 11.1 Å². The van der Waals surface area contributed by atoms with Crippen LogP contribution >= 0.6 is 7.80 Å². The van der Waals surface area contributed by atoms with Gasteiger partial charge in [0.15, 0.2) is 0 Å². The van der Waals surface area contributed by atoms with Gasteiger partial charge >= 0.3 is 24.8 Å². The summed E-state index contributed by atoms with van der Waals surface area (Å²) in [6.45, 7) is 4.88. The molecule has 19 heavy (non-hydrogen) atoms. The van der Waals surface area contributed by atoms with Crippen LogP contribution in [0, 0.1) is 0 Å². The molecule has 0 rings (SSSR count). The second-order valence-corrected chi connectivity index (χ2v) is 5.12. The van der Waals surface area contributed by atoms with Crippen LogP contribution in [0.3, 0.4) is 0 Å². The minimum Gasteiger partial charge on any atom is -0.323 e. The number of hydrogen-bond acceptors (Lipinski definition) is 7. The number of carbonyl (C=O) groups is 1. The number of rotatable bonds is 9. The molecule has 0 aromatic rings. The molecule has 0 saturated carbocycles. The van der Waals surface area contributed by atoms with Crippen molar-refractivity contribution >= 4 is 13.3 Å². The van der Waals surface area contributed by atoms with E-state index in [1.807, 2.05) is 0 Å². The molecule has 0 bridgehead atoms. The van der Waals surface area contributed by atoms with Crippen molar-refractivity contribution in [3.05, 3.63) is 12.2 Å². The van der Waals surface area contributed by atoms with Crippen LogP contribution < -0.4 is 0 Å². The van der Waals surface area contributed by atoms with Gasteiger partial charge in [0.2, 0.25) is 0 Å². The van der Waals surface area contributed by atoms with E-state index in [9.17, 15) is 9.36 Å². The van der Waals surface area contributed by atoms with Crippen LogP contribution in [-0.4, -0.2) is 52.6 Å². The average Bonchev–Trinajstić information content (AvgIpc) is 2.43. The molecule has 7 nitrogen and oxygen atoms in total. The van der Waals surface area contributed by atoms with E-state index in [1.54, 1.807) is 0 Å². The number of allylic oxidation sites excluding steroid dienone is 1. The Bertz CT molecular complexity index is 350. The lowest BCUT2D eigenvalue weighted by Crippen LogP contribution is -2.59. The molecule has 0 radical (unpaired) electrons. The van der Waals surface area contributed by atoms with Gasteiger partial charge in [-0.05, 0) is 6.92 Å². The Morgan fingerprint density at radius 2 is 1.32 bits per heavy atom. The molecule has 0 aliphatic rings. The summed E-state index contributed by atoms with van der Waals surface area (Å²) < 4.78 is 37.9. The molecule has 0 N–H and O–H groups in total. The number of methoxy groups -OCH3 is 5. The monoisotopic (exact) mass is 295 g/mol. The fourth-order valence-electron chi connectivity index (χ4n) is 1.57. The van der Waals surface area contributed by atoms with Crippen LogP contribution in [0.2, 0.25) is 0 Å².